The van der Waals surface area contributed by atoms with Crippen LogP contribution in [0.15, 0.2) is 22.5 Å². The quantitative estimate of drug-likeness (QED) is 0.530. The van der Waals surface area contributed by atoms with E-state index in [-0.39, 0.29) is 0 Å². The van der Waals surface area contributed by atoms with E-state index in [1.807, 2.05) is 39.1 Å². The van der Waals surface area contributed by atoms with Gasteiger partial charge in [0, 0.05) is 0 Å². The molecule has 0 heterocycles. The molecule has 0 bridgehead atoms. The number of hydrogen-bond donors (Lipinski definition) is 0. The summed E-state index contributed by atoms with van der Waals surface area (Å²) in [4.78, 5) is 22.2. The highest BCUT2D eigenvalue weighted by atomic mass is 28.2. The molecule has 0 aromatic carbocycles. The zero-order valence-electron chi connectivity index (χ0n) is 10.2. The average molecular weight is 258 g/mol. The lowest BCUT2D eigenvalue weighted by Gasteiger charge is -2.02. The lowest BCUT2D eigenvalue weighted by Crippen LogP contribution is -2.22. The maximum absolute atomic E-state index is 11.1. The molecular formula is C10H18O4Si2. The Labute approximate surface area is 101 Å². The molecule has 0 aromatic heterocycles. The molecule has 0 aliphatic heterocycles. The smallest absolute Gasteiger partial charge is 0.402 e. The molecule has 0 amide bonds. The van der Waals surface area contributed by atoms with Crippen molar-refractivity contribution in [3.8, 4) is 0 Å². The SMILES string of the molecule is CC(C)=C[SiH2]OC(=O)C(=O)O[SiH2]C=C(C)C. The maximum atomic E-state index is 11.1. The van der Waals surface area contributed by atoms with Gasteiger partial charge in [0.2, 0.25) is 19.5 Å². The van der Waals surface area contributed by atoms with Crippen LogP contribution in [0.4, 0.5) is 0 Å². The summed E-state index contributed by atoms with van der Waals surface area (Å²) in [5.74, 6) is -1.72. The fraction of sp³-hybridized carbons (Fsp3) is 0.400. The highest BCUT2D eigenvalue weighted by Gasteiger charge is 2.14. The zero-order valence-corrected chi connectivity index (χ0v) is 13.0. The van der Waals surface area contributed by atoms with Crippen molar-refractivity contribution < 1.29 is 18.4 Å². The predicted molar refractivity (Wildman–Crippen MR) is 68.1 cm³/mol. The first-order valence-corrected chi connectivity index (χ1v) is 7.83. The molecular weight excluding hydrogens is 240 g/mol. The van der Waals surface area contributed by atoms with Gasteiger partial charge in [0.15, 0.2) is 0 Å². The van der Waals surface area contributed by atoms with E-state index in [4.69, 9.17) is 8.85 Å². The molecule has 6 heteroatoms. The summed E-state index contributed by atoms with van der Waals surface area (Å²) in [5, 5.41) is 0. The molecule has 0 saturated heterocycles. The van der Waals surface area contributed by atoms with Gasteiger partial charge >= 0.3 is 11.9 Å². The van der Waals surface area contributed by atoms with Crippen molar-refractivity contribution in [2.45, 2.75) is 27.7 Å². The van der Waals surface area contributed by atoms with Crippen LogP contribution in [0.5, 0.6) is 0 Å². The Hall–Kier alpha value is -1.15. The van der Waals surface area contributed by atoms with Crippen LogP contribution in [0.2, 0.25) is 0 Å². The highest BCUT2D eigenvalue weighted by molar-refractivity contribution is 6.48. The van der Waals surface area contributed by atoms with Gasteiger partial charge in [-0.2, -0.15) is 0 Å². The minimum atomic E-state index is -1.08. The summed E-state index contributed by atoms with van der Waals surface area (Å²) in [6, 6.07) is 0. The average Bonchev–Trinajstić information content (AvgIpc) is 2.16. The van der Waals surface area contributed by atoms with Gasteiger partial charge < -0.3 is 8.85 Å². The van der Waals surface area contributed by atoms with Crippen LogP contribution in [-0.4, -0.2) is 31.5 Å². The van der Waals surface area contributed by atoms with Gasteiger partial charge in [-0.3, -0.25) is 0 Å². The fourth-order valence-electron chi connectivity index (χ4n) is 0.686. The Balaban J connectivity index is 3.87. The molecule has 0 fully saturated rings. The molecule has 0 rings (SSSR count). The summed E-state index contributed by atoms with van der Waals surface area (Å²) >= 11 is 0. The van der Waals surface area contributed by atoms with Gasteiger partial charge in [-0.25, -0.2) is 9.59 Å². The third-order valence-electron chi connectivity index (χ3n) is 1.58. The molecule has 0 spiro atoms. The Bertz CT molecular complexity index is 281. The van der Waals surface area contributed by atoms with Crippen LogP contribution in [0, 0.1) is 0 Å². The Morgan fingerprint density at radius 3 is 1.38 bits per heavy atom. The molecule has 0 aliphatic carbocycles. The van der Waals surface area contributed by atoms with Gasteiger partial charge in [0.05, 0.1) is 0 Å². The first kappa shape index (κ1) is 14.9. The van der Waals surface area contributed by atoms with Gasteiger partial charge in [0.1, 0.15) is 0 Å². The molecule has 0 radical (unpaired) electrons. The molecule has 0 saturated carbocycles. The van der Waals surface area contributed by atoms with Gasteiger partial charge in [-0.05, 0) is 27.7 Å². The maximum Gasteiger partial charge on any atom is 0.402 e. The minimum Gasteiger partial charge on any atom is -0.513 e. The van der Waals surface area contributed by atoms with Crippen molar-refractivity contribution in [2.24, 2.45) is 0 Å². The standard InChI is InChI=1S/C10H18O4Si2/c1-7(2)5-15-13-9(11)10(12)14-16-6-8(3)4/h5-6H,15-16H2,1-4H3. The first-order chi connectivity index (χ1) is 7.43. The van der Waals surface area contributed by atoms with Crippen LogP contribution < -0.4 is 0 Å². The molecule has 0 aliphatic rings. The molecule has 4 nitrogen and oxygen atoms in total. The number of hydrogen-bond acceptors (Lipinski definition) is 4. The molecule has 90 valence electrons. The zero-order chi connectivity index (χ0) is 12.6. The Morgan fingerprint density at radius 1 is 0.812 bits per heavy atom. The predicted octanol–water partition coefficient (Wildman–Crippen LogP) is 0.0878. The van der Waals surface area contributed by atoms with E-state index in [2.05, 4.69) is 0 Å². The van der Waals surface area contributed by atoms with Crippen LogP contribution in [0.25, 0.3) is 0 Å². The fourth-order valence-corrected chi connectivity index (χ4v) is 2.06. The first-order valence-electron chi connectivity index (χ1n) is 5.04. The van der Waals surface area contributed by atoms with Gasteiger partial charge in [0.25, 0.3) is 0 Å². The van der Waals surface area contributed by atoms with Crippen LogP contribution in [0.3, 0.4) is 0 Å². The third kappa shape index (κ3) is 8.19. The number of carbonyl (C=O) groups is 2. The van der Waals surface area contributed by atoms with Crippen LogP contribution in [0.1, 0.15) is 27.7 Å². The highest BCUT2D eigenvalue weighted by Crippen LogP contribution is 1.90. The molecule has 16 heavy (non-hydrogen) atoms. The number of allylic oxidation sites excluding steroid dienone is 2. The molecule has 0 unspecified atom stereocenters. The molecule has 0 atom stereocenters. The normalized spacial score (nSPS) is 10.5. The van der Waals surface area contributed by atoms with Crippen molar-refractivity contribution in [1.82, 2.24) is 0 Å². The second kappa shape index (κ2) is 8.06. The lowest BCUT2D eigenvalue weighted by molar-refractivity contribution is -0.156. The largest absolute Gasteiger partial charge is 0.513 e. The Kier molecular flexibility index (Phi) is 7.48. The number of carbonyl (C=O) groups excluding carboxylic acids is 2. The van der Waals surface area contributed by atoms with Crippen molar-refractivity contribution in [1.29, 1.82) is 0 Å². The summed E-state index contributed by atoms with van der Waals surface area (Å²) in [6.07, 6.45) is 0. The topological polar surface area (TPSA) is 52.6 Å². The Morgan fingerprint density at radius 2 is 1.12 bits per heavy atom. The van der Waals surface area contributed by atoms with E-state index < -0.39 is 31.5 Å². The van der Waals surface area contributed by atoms with Gasteiger partial charge in [-0.1, -0.05) is 22.5 Å². The summed E-state index contributed by atoms with van der Waals surface area (Å²) in [5.41, 5.74) is 5.90. The van der Waals surface area contributed by atoms with E-state index in [9.17, 15) is 9.59 Å². The van der Waals surface area contributed by atoms with E-state index in [0.717, 1.165) is 11.1 Å². The monoisotopic (exact) mass is 258 g/mol. The third-order valence-corrected chi connectivity index (χ3v) is 4.40. The van der Waals surface area contributed by atoms with E-state index in [1.165, 1.54) is 0 Å². The van der Waals surface area contributed by atoms with Crippen molar-refractivity contribution >= 4 is 31.5 Å². The summed E-state index contributed by atoms with van der Waals surface area (Å²) in [7, 11) is -2.16. The lowest BCUT2D eigenvalue weighted by atomic mass is 10.4. The minimum absolute atomic E-state index is 0.862. The van der Waals surface area contributed by atoms with Crippen LogP contribution in [-0.2, 0) is 18.4 Å². The van der Waals surface area contributed by atoms with E-state index in [0.29, 0.717) is 0 Å². The molecule has 0 N–H and O–H groups in total. The second-order valence-corrected chi connectivity index (χ2v) is 5.82. The number of rotatable bonds is 4. The van der Waals surface area contributed by atoms with Crippen molar-refractivity contribution in [3.05, 3.63) is 22.5 Å². The van der Waals surface area contributed by atoms with Crippen LogP contribution >= 0.6 is 0 Å². The summed E-state index contributed by atoms with van der Waals surface area (Å²) in [6.45, 7) is 7.67. The van der Waals surface area contributed by atoms with Gasteiger partial charge in [-0.15, -0.1) is 0 Å². The van der Waals surface area contributed by atoms with Crippen molar-refractivity contribution in [2.75, 3.05) is 0 Å². The van der Waals surface area contributed by atoms with Crippen molar-refractivity contribution in [3.63, 3.8) is 0 Å². The summed E-state index contributed by atoms with van der Waals surface area (Å²) < 4.78 is 9.65. The van der Waals surface area contributed by atoms with E-state index in [1.54, 1.807) is 0 Å². The van der Waals surface area contributed by atoms with E-state index >= 15 is 0 Å². The molecule has 0 aromatic rings. The second-order valence-electron chi connectivity index (χ2n) is 3.76.